The maximum absolute atomic E-state index is 8.58. The highest BCUT2D eigenvalue weighted by molar-refractivity contribution is 14.1. The summed E-state index contributed by atoms with van der Waals surface area (Å²) in [5, 5.41) is 17.2. The summed E-state index contributed by atoms with van der Waals surface area (Å²) in [5.74, 6) is 0. The topological polar surface area (TPSA) is 92.5 Å². The SMILES string of the molecule is Cc1cc(N)cc(C)c1-c1ccccc1.Cc1cc(N)cc(C)c1I.OB(O)c1ccccc1. The Morgan fingerprint density at radius 3 is 1.38 bits per heavy atom. The molecule has 34 heavy (non-hydrogen) atoms. The van der Waals surface area contributed by atoms with Crippen molar-refractivity contribution < 1.29 is 10.0 Å². The van der Waals surface area contributed by atoms with Crippen LogP contribution in [0.1, 0.15) is 22.3 Å². The van der Waals surface area contributed by atoms with Gasteiger partial charge < -0.3 is 21.5 Å². The van der Waals surface area contributed by atoms with Crippen LogP contribution in [-0.2, 0) is 0 Å². The van der Waals surface area contributed by atoms with Gasteiger partial charge in [-0.25, -0.2) is 0 Å². The van der Waals surface area contributed by atoms with Crippen LogP contribution in [0.2, 0.25) is 0 Å². The van der Waals surface area contributed by atoms with Crippen LogP contribution in [-0.4, -0.2) is 17.2 Å². The Morgan fingerprint density at radius 2 is 1.00 bits per heavy atom. The van der Waals surface area contributed by atoms with Crippen LogP contribution < -0.4 is 16.9 Å². The molecule has 0 heterocycles. The molecule has 4 aromatic carbocycles. The van der Waals surface area contributed by atoms with E-state index in [0.717, 1.165) is 11.4 Å². The second-order valence-corrected chi connectivity index (χ2v) is 9.23. The lowest BCUT2D eigenvalue weighted by atomic mass is 9.81. The Balaban J connectivity index is 0.000000189. The fraction of sp³-hybridized carbons (Fsp3) is 0.143. The molecule has 0 atom stereocenters. The first kappa shape index (κ1) is 27.4. The molecular weight excluding hydrogens is 534 g/mol. The zero-order valence-electron chi connectivity index (χ0n) is 20.1. The highest BCUT2D eigenvalue weighted by Crippen LogP contribution is 2.28. The van der Waals surface area contributed by atoms with Gasteiger partial charge in [0.15, 0.2) is 0 Å². The van der Waals surface area contributed by atoms with Gasteiger partial charge in [-0.05, 0) is 113 Å². The average Bonchev–Trinajstić information content (AvgIpc) is 2.79. The fourth-order valence-electron chi connectivity index (χ4n) is 3.66. The molecule has 0 aliphatic rings. The van der Waals surface area contributed by atoms with E-state index in [4.69, 9.17) is 21.5 Å². The number of anilines is 2. The molecule has 0 aliphatic carbocycles. The van der Waals surface area contributed by atoms with E-state index in [9.17, 15) is 0 Å². The predicted octanol–water partition coefficient (Wildman–Crippen LogP) is 5.41. The molecule has 6 heteroatoms. The Labute approximate surface area is 216 Å². The van der Waals surface area contributed by atoms with Crippen molar-refractivity contribution in [3.05, 3.63) is 111 Å². The van der Waals surface area contributed by atoms with E-state index in [1.54, 1.807) is 24.3 Å². The first-order chi connectivity index (χ1) is 16.1. The molecule has 4 rings (SSSR count). The van der Waals surface area contributed by atoms with Crippen molar-refractivity contribution in [1.82, 2.24) is 0 Å². The summed E-state index contributed by atoms with van der Waals surface area (Å²) in [5.41, 5.74) is 21.2. The van der Waals surface area contributed by atoms with E-state index in [-0.39, 0.29) is 0 Å². The summed E-state index contributed by atoms with van der Waals surface area (Å²) in [6.45, 7) is 8.35. The zero-order chi connectivity index (χ0) is 25.3. The monoisotopic (exact) mass is 566 g/mol. The molecular formula is C28H32BIN2O2. The zero-order valence-corrected chi connectivity index (χ0v) is 22.2. The summed E-state index contributed by atoms with van der Waals surface area (Å²) in [7, 11) is -1.34. The molecule has 0 saturated carbocycles. The van der Waals surface area contributed by atoms with Gasteiger partial charge in [-0.15, -0.1) is 0 Å². The second-order valence-electron chi connectivity index (χ2n) is 8.15. The molecule has 0 aliphatic heterocycles. The largest absolute Gasteiger partial charge is 0.488 e. The van der Waals surface area contributed by atoms with E-state index in [1.165, 1.54) is 37.0 Å². The van der Waals surface area contributed by atoms with Gasteiger partial charge in [0.1, 0.15) is 0 Å². The van der Waals surface area contributed by atoms with Crippen LogP contribution in [0.5, 0.6) is 0 Å². The van der Waals surface area contributed by atoms with Crippen LogP contribution in [0.15, 0.2) is 84.9 Å². The molecule has 0 spiro atoms. The number of aryl methyl sites for hydroxylation is 4. The lowest BCUT2D eigenvalue weighted by molar-refractivity contribution is 0.426. The number of nitrogen functional groups attached to an aromatic ring is 2. The van der Waals surface area contributed by atoms with Gasteiger partial charge in [0.05, 0.1) is 0 Å². The summed E-state index contributed by atoms with van der Waals surface area (Å²) in [6, 6.07) is 27.1. The van der Waals surface area contributed by atoms with E-state index in [2.05, 4.69) is 74.6 Å². The summed E-state index contributed by atoms with van der Waals surface area (Å²) >= 11 is 2.33. The summed E-state index contributed by atoms with van der Waals surface area (Å²) in [6.07, 6.45) is 0. The van der Waals surface area contributed by atoms with Gasteiger partial charge in [-0.1, -0.05) is 60.7 Å². The predicted molar refractivity (Wildman–Crippen MR) is 155 cm³/mol. The van der Waals surface area contributed by atoms with Crippen LogP contribution >= 0.6 is 22.6 Å². The third-order valence-electron chi connectivity index (χ3n) is 5.17. The first-order valence-corrected chi connectivity index (χ1v) is 12.0. The Morgan fingerprint density at radius 1 is 0.618 bits per heavy atom. The molecule has 0 saturated heterocycles. The lowest BCUT2D eigenvalue weighted by Crippen LogP contribution is -2.29. The molecule has 0 bridgehead atoms. The number of benzene rings is 4. The molecule has 4 aromatic rings. The Kier molecular flexibility index (Phi) is 10.6. The minimum Gasteiger partial charge on any atom is -0.423 e. The van der Waals surface area contributed by atoms with Crippen LogP contribution in [0, 0.1) is 31.3 Å². The maximum atomic E-state index is 8.58. The Hall–Kier alpha value is -2.81. The number of rotatable bonds is 2. The Bertz CT molecular complexity index is 1150. The first-order valence-electron chi connectivity index (χ1n) is 11.0. The van der Waals surface area contributed by atoms with Crippen LogP contribution in [0.3, 0.4) is 0 Å². The van der Waals surface area contributed by atoms with Crippen molar-refractivity contribution in [2.24, 2.45) is 0 Å². The van der Waals surface area contributed by atoms with Crippen LogP contribution in [0.4, 0.5) is 11.4 Å². The van der Waals surface area contributed by atoms with Gasteiger partial charge in [0.2, 0.25) is 0 Å². The quantitative estimate of drug-likeness (QED) is 0.148. The van der Waals surface area contributed by atoms with Crippen molar-refractivity contribution in [3.63, 3.8) is 0 Å². The summed E-state index contributed by atoms with van der Waals surface area (Å²) < 4.78 is 1.31. The molecule has 6 N–H and O–H groups in total. The van der Waals surface area contributed by atoms with Gasteiger partial charge in [0, 0.05) is 14.9 Å². The molecule has 0 unspecified atom stereocenters. The number of halogens is 1. The molecule has 0 fully saturated rings. The minimum atomic E-state index is -1.34. The number of hydrogen-bond donors (Lipinski definition) is 4. The number of nitrogens with two attached hydrogens (primary N) is 2. The smallest absolute Gasteiger partial charge is 0.423 e. The van der Waals surface area contributed by atoms with Crippen molar-refractivity contribution in [2.45, 2.75) is 27.7 Å². The van der Waals surface area contributed by atoms with E-state index in [1.807, 2.05) is 36.4 Å². The van der Waals surface area contributed by atoms with Gasteiger partial charge in [-0.3, -0.25) is 0 Å². The minimum absolute atomic E-state index is 0.525. The van der Waals surface area contributed by atoms with Gasteiger partial charge in [0.25, 0.3) is 0 Å². The maximum Gasteiger partial charge on any atom is 0.488 e. The average molecular weight is 566 g/mol. The van der Waals surface area contributed by atoms with E-state index < -0.39 is 7.12 Å². The molecule has 0 radical (unpaired) electrons. The second kappa shape index (κ2) is 13.2. The lowest BCUT2D eigenvalue weighted by Gasteiger charge is -2.11. The summed E-state index contributed by atoms with van der Waals surface area (Å²) in [4.78, 5) is 0. The molecule has 176 valence electrons. The van der Waals surface area contributed by atoms with Crippen molar-refractivity contribution in [2.75, 3.05) is 11.5 Å². The molecule has 4 nitrogen and oxygen atoms in total. The third-order valence-corrected chi connectivity index (χ3v) is 6.88. The number of hydrogen-bond acceptors (Lipinski definition) is 4. The standard InChI is InChI=1S/C14H15N.C8H10IN.C6H7BO2/c1-10-8-13(15)9-11(2)14(10)12-6-4-3-5-7-12;1-5-3-7(10)4-6(2)8(5)9;8-7(9)6-4-2-1-3-5-6/h3-9H,15H2,1-2H3;3-4H,10H2,1-2H3;1-5,8-9H. The van der Waals surface area contributed by atoms with E-state index in [0.29, 0.717) is 5.46 Å². The highest BCUT2D eigenvalue weighted by atomic mass is 127. The highest BCUT2D eigenvalue weighted by Gasteiger charge is 2.07. The third kappa shape index (κ3) is 8.20. The molecule has 0 amide bonds. The van der Waals surface area contributed by atoms with Gasteiger partial charge >= 0.3 is 7.12 Å². The fourth-order valence-corrected chi connectivity index (χ4v) is 3.97. The van der Waals surface area contributed by atoms with Crippen molar-refractivity contribution >= 4 is 46.5 Å². The van der Waals surface area contributed by atoms with E-state index >= 15 is 0 Å². The molecule has 0 aromatic heterocycles. The van der Waals surface area contributed by atoms with Gasteiger partial charge in [-0.2, -0.15) is 0 Å². The normalized spacial score (nSPS) is 9.85. The van der Waals surface area contributed by atoms with Crippen molar-refractivity contribution in [3.8, 4) is 11.1 Å². The van der Waals surface area contributed by atoms with Crippen molar-refractivity contribution in [1.29, 1.82) is 0 Å². The van der Waals surface area contributed by atoms with Crippen LogP contribution in [0.25, 0.3) is 11.1 Å².